The van der Waals surface area contributed by atoms with Crippen molar-refractivity contribution in [3.63, 3.8) is 0 Å². The zero-order valence-electron chi connectivity index (χ0n) is 13.0. The highest BCUT2D eigenvalue weighted by molar-refractivity contribution is 7.71. The highest BCUT2D eigenvalue weighted by Crippen LogP contribution is 2.19. The summed E-state index contributed by atoms with van der Waals surface area (Å²) in [6, 6.07) is 17.5. The molecule has 4 nitrogen and oxygen atoms in total. The average Bonchev–Trinajstić information content (AvgIpc) is 2.95. The standard InChI is InChI=1S/C18H15ClN4S/c1-13(11-14-5-3-2-4-6-14)12-20-23-17(21-22-18(23)24)15-7-9-16(19)10-8-15/h2-12H,1H3,(H,22,24)/b13-11-,20-12+. The molecule has 1 N–H and O–H groups in total. The van der Waals surface area contributed by atoms with Gasteiger partial charge in [-0.15, -0.1) is 0 Å². The van der Waals surface area contributed by atoms with Crippen molar-refractivity contribution in [3.05, 3.63) is 75.5 Å². The molecule has 0 amide bonds. The normalized spacial score (nSPS) is 12.0. The summed E-state index contributed by atoms with van der Waals surface area (Å²) in [5.41, 5.74) is 3.01. The van der Waals surface area contributed by atoms with E-state index in [0.29, 0.717) is 15.6 Å². The minimum Gasteiger partial charge on any atom is -0.250 e. The number of hydrogen-bond donors (Lipinski definition) is 1. The SMILES string of the molecule is CC(=C/c1ccccc1)/C=N/n1c(-c2ccc(Cl)cc2)n[nH]c1=S. The van der Waals surface area contributed by atoms with Gasteiger partial charge < -0.3 is 0 Å². The van der Waals surface area contributed by atoms with Gasteiger partial charge >= 0.3 is 0 Å². The van der Waals surface area contributed by atoms with Crippen molar-refractivity contribution < 1.29 is 0 Å². The molecule has 0 aliphatic rings. The molecule has 2 aromatic carbocycles. The lowest BCUT2D eigenvalue weighted by molar-refractivity contribution is 0.871. The summed E-state index contributed by atoms with van der Waals surface area (Å²) >= 11 is 11.2. The summed E-state index contributed by atoms with van der Waals surface area (Å²) in [4.78, 5) is 0. The second-order valence-corrected chi connectivity index (χ2v) is 6.04. The first-order valence-corrected chi connectivity index (χ1v) is 8.13. The molecule has 0 aliphatic heterocycles. The van der Waals surface area contributed by atoms with Gasteiger partial charge in [-0.2, -0.15) is 14.9 Å². The van der Waals surface area contributed by atoms with Gasteiger partial charge in [0.15, 0.2) is 5.82 Å². The Morgan fingerprint density at radius 3 is 2.58 bits per heavy atom. The fourth-order valence-corrected chi connectivity index (χ4v) is 2.49. The van der Waals surface area contributed by atoms with Gasteiger partial charge in [0.25, 0.3) is 0 Å². The Balaban J connectivity index is 1.90. The average molecular weight is 355 g/mol. The maximum absolute atomic E-state index is 5.93. The van der Waals surface area contributed by atoms with Crippen LogP contribution in [0.5, 0.6) is 0 Å². The van der Waals surface area contributed by atoms with Crippen LogP contribution >= 0.6 is 23.8 Å². The van der Waals surface area contributed by atoms with Crippen molar-refractivity contribution in [1.82, 2.24) is 14.9 Å². The van der Waals surface area contributed by atoms with E-state index in [1.807, 2.05) is 61.5 Å². The van der Waals surface area contributed by atoms with Gasteiger partial charge in [-0.25, -0.2) is 5.10 Å². The molecular formula is C18H15ClN4S. The number of rotatable bonds is 4. The lowest BCUT2D eigenvalue weighted by Crippen LogP contribution is -1.94. The quantitative estimate of drug-likeness (QED) is 0.517. The molecule has 1 aromatic heterocycles. The maximum atomic E-state index is 5.93. The first kappa shape index (κ1) is 16.4. The summed E-state index contributed by atoms with van der Waals surface area (Å²) < 4.78 is 2.03. The fraction of sp³-hybridized carbons (Fsp3) is 0.0556. The fourth-order valence-electron chi connectivity index (χ4n) is 2.18. The van der Waals surface area contributed by atoms with E-state index in [1.165, 1.54) is 0 Å². The minimum atomic E-state index is 0.434. The third-order valence-electron chi connectivity index (χ3n) is 3.32. The van der Waals surface area contributed by atoms with Crippen LogP contribution in [0.3, 0.4) is 0 Å². The first-order valence-electron chi connectivity index (χ1n) is 7.34. The van der Waals surface area contributed by atoms with Gasteiger partial charge in [0.2, 0.25) is 4.77 Å². The van der Waals surface area contributed by atoms with Crippen molar-refractivity contribution in [3.8, 4) is 11.4 Å². The molecule has 0 unspecified atom stereocenters. The Bertz CT molecular complexity index is 937. The van der Waals surface area contributed by atoms with Gasteiger partial charge in [-0.1, -0.05) is 48.0 Å². The molecule has 0 bridgehead atoms. The van der Waals surface area contributed by atoms with E-state index in [9.17, 15) is 0 Å². The summed E-state index contributed by atoms with van der Waals surface area (Å²) in [6.45, 7) is 1.99. The monoisotopic (exact) mass is 354 g/mol. The largest absolute Gasteiger partial charge is 0.250 e. The molecule has 24 heavy (non-hydrogen) atoms. The summed E-state index contributed by atoms with van der Waals surface area (Å²) in [6.07, 6.45) is 3.81. The number of aromatic nitrogens is 3. The summed E-state index contributed by atoms with van der Waals surface area (Å²) in [5.74, 6) is 0.639. The van der Waals surface area contributed by atoms with Gasteiger partial charge in [0.1, 0.15) is 0 Å². The number of aromatic amines is 1. The molecule has 0 atom stereocenters. The number of H-pyrrole nitrogens is 1. The Morgan fingerprint density at radius 1 is 1.17 bits per heavy atom. The van der Waals surface area contributed by atoms with Gasteiger partial charge in [0.05, 0.1) is 6.21 Å². The number of hydrogen-bond acceptors (Lipinski definition) is 3. The first-order chi connectivity index (χ1) is 11.6. The van der Waals surface area contributed by atoms with Gasteiger partial charge in [-0.05, 0) is 54.5 Å². The second-order valence-electron chi connectivity index (χ2n) is 5.21. The molecule has 120 valence electrons. The lowest BCUT2D eigenvalue weighted by Gasteiger charge is -2.01. The molecule has 0 fully saturated rings. The Labute approximate surface area is 150 Å². The van der Waals surface area contributed by atoms with E-state index >= 15 is 0 Å². The molecular weight excluding hydrogens is 340 g/mol. The minimum absolute atomic E-state index is 0.434. The predicted molar refractivity (Wildman–Crippen MR) is 102 cm³/mol. The molecule has 0 saturated carbocycles. The zero-order valence-corrected chi connectivity index (χ0v) is 14.6. The molecule has 3 aromatic rings. The topological polar surface area (TPSA) is 46.0 Å². The van der Waals surface area contributed by atoms with Crippen LogP contribution in [0, 0.1) is 4.77 Å². The summed E-state index contributed by atoms with van der Waals surface area (Å²) in [5, 5.41) is 12.1. The molecule has 0 saturated heterocycles. The van der Waals surface area contributed by atoms with E-state index in [0.717, 1.165) is 16.7 Å². The molecule has 0 radical (unpaired) electrons. The van der Waals surface area contributed by atoms with Crippen LogP contribution in [0.1, 0.15) is 12.5 Å². The number of nitrogens with one attached hydrogen (secondary N) is 1. The second kappa shape index (κ2) is 7.38. The van der Waals surface area contributed by atoms with E-state index < -0.39 is 0 Å². The Hall–Kier alpha value is -2.50. The Morgan fingerprint density at radius 2 is 1.88 bits per heavy atom. The van der Waals surface area contributed by atoms with Crippen LogP contribution in [0.2, 0.25) is 5.02 Å². The Kier molecular flexibility index (Phi) is 5.03. The maximum Gasteiger partial charge on any atom is 0.216 e. The van der Waals surface area contributed by atoms with Crippen LogP contribution in [-0.2, 0) is 0 Å². The highest BCUT2D eigenvalue weighted by Gasteiger charge is 2.07. The van der Waals surface area contributed by atoms with Crippen molar-refractivity contribution in [1.29, 1.82) is 0 Å². The van der Waals surface area contributed by atoms with Crippen molar-refractivity contribution in [2.24, 2.45) is 5.10 Å². The van der Waals surface area contributed by atoms with Gasteiger partial charge in [-0.3, -0.25) is 0 Å². The van der Waals surface area contributed by atoms with Crippen LogP contribution in [0.25, 0.3) is 17.5 Å². The molecule has 1 heterocycles. The number of allylic oxidation sites excluding steroid dienone is 1. The van der Waals surface area contributed by atoms with Crippen LogP contribution in [-0.4, -0.2) is 21.1 Å². The lowest BCUT2D eigenvalue weighted by atomic mass is 10.1. The predicted octanol–water partition coefficient (Wildman–Crippen LogP) is 5.20. The molecule has 6 heteroatoms. The zero-order chi connectivity index (χ0) is 16.9. The van der Waals surface area contributed by atoms with Gasteiger partial charge in [0, 0.05) is 10.6 Å². The van der Waals surface area contributed by atoms with E-state index in [1.54, 1.807) is 10.9 Å². The van der Waals surface area contributed by atoms with Crippen molar-refractivity contribution >= 4 is 36.1 Å². The summed E-state index contributed by atoms with van der Waals surface area (Å²) in [7, 11) is 0. The molecule has 3 rings (SSSR count). The molecule has 0 aliphatic carbocycles. The molecule has 0 spiro atoms. The van der Waals surface area contributed by atoms with Crippen LogP contribution in [0.4, 0.5) is 0 Å². The highest BCUT2D eigenvalue weighted by atomic mass is 35.5. The number of benzene rings is 2. The van der Waals surface area contributed by atoms with Crippen LogP contribution in [0.15, 0.2) is 65.3 Å². The smallest absolute Gasteiger partial charge is 0.216 e. The number of nitrogens with zero attached hydrogens (tertiary/aromatic N) is 3. The van der Waals surface area contributed by atoms with Crippen molar-refractivity contribution in [2.75, 3.05) is 0 Å². The third kappa shape index (κ3) is 3.88. The van der Waals surface area contributed by atoms with Crippen molar-refractivity contribution in [2.45, 2.75) is 6.92 Å². The number of halogens is 1. The van der Waals surface area contributed by atoms with E-state index in [2.05, 4.69) is 21.4 Å². The van der Waals surface area contributed by atoms with E-state index in [-0.39, 0.29) is 0 Å². The third-order valence-corrected chi connectivity index (χ3v) is 3.84. The van der Waals surface area contributed by atoms with E-state index in [4.69, 9.17) is 23.8 Å². The van der Waals surface area contributed by atoms with Crippen LogP contribution < -0.4 is 0 Å².